The van der Waals surface area contributed by atoms with E-state index >= 15 is 0 Å². The number of sulfonamides is 1. The highest BCUT2D eigenvalue weighted by Gasteiger charge is 2.30. The third kappa shape index (κ3) is 4.69. The second-order valence-electron chi connectivity index (χ2n) is 6.97. The van der Waals surface area contributed by atoms with Gasteiger partial charge in [0.05, 0.1) is 13.2 Å². The third-order valence-electron chi connectivity index (χ3n) is 4.42. The maximum Gasteiger partial charge on any atom is 0.251 e. The average molecular weight is 409 g/mol. The molecule has 0 unspecified atom stereocenters. The topological polar surface area (TPSA) is 84.5 Å². The highest BCUT2D eigenvalue weighted by atomic mass is 32.2. The lowest BCUT2D eigenvalue weighted by molar-refractivity contribution is 0.0926. The molecule has 146 valence electrons. The fourth-order valence-corrected chi connectivity index (χ4v) is 5.22. The van der Waals surface area contributed by atoms with Gasteiger partial charge in [0.1, 0.15) is 10.6 Å². The lowest BCUT2D eigenvalue weighted by atomic mass is 10.0. The van der Waals surface area contributed by atoms with Crippen molar-refractivity contribution in [3.05, 3.63) is 46.2 Å². The standard InChI is InChI=1S/C19H24N2O4S2/c1-12(2)18(16-5-4-10-26-16)20-19(22)13-6-9-15(25-3)17(11-13)27(23,24)21-14-7-8-14/h4-6,9-12,14,18,21H,7-8H2,1-3H3,(H,20,22)/t18-/m0/s1. The molecule has 0 saturated heterocycles. The largest absolute Gasteiger partial charge is 0.495 e. The van der Waals surface area contributed by atoms with Crippen LogP contribution in [0.15, 0.2) is 40.6 Å². The van der Waals surface area contributed by atoms with E-state index in [-0.39, 0.29) is 40.1 Å². The van der Waals surface area contributed by atoms with Gasteiger partial charge >= 0.3 is 0 Å². The molecule has 1 amide bonds. The number of benzene rings is 1. The maximum atomic E-state index is 12.8. The normalized spacial score (nSPS) is 15.6. The van der Waals surface area contributed by atoms with E-state index in [1.54, 1.807) is 17.4 Å². The van der Waals surface area contributed by atoms with Crippen LogP contribution in [0.4, 0.5) is 0 Å². The number of rotatable bonds is 8. The molecule has 2 aromatic rings. The van der Waals surface area contributed by atoms with E-state index in [1.807, 2.05) is 31.4 Å². The molecule has 27 heavy (non-hydrogen) atoms. The summed E-state index contributed by atoms with van der Waals surface area (Å²) in [4.78, 5) is 13.9. The molecule has 0 bridgehead atoms. The Labute approximate surface area is 164 Å². The molecular weight excluding hydrogens is 384 g/mol. The highest BCUT2D eigenvalue weighted by Crippen LogP contribution is 2.30. The molecule has 0 aliphatic heterocycles. The van der Waals surface area contributed by atoms with Crippen LogP contribution in [0, 0.1) is 5.92 Å². The molecule has 1 aliphatic carbocycles. The second kappa shape index (κ2) is 8.00. The predicted molar refractivity (Wildman–Crippen MR) is 106 cm³/mol. The fraction of sp³-hybridized carbons (Fsp3) is 0.421. The van der Waals surface area contributed by atoms with E-state index in [2.05, 4.69) is 10.0 Å². The molecule has 8 heteroatoms. The van der Waals surface area contributed by atoms with Crippen molar-refractivity contribution >= 4 is 27.3 Å². The number of ether oxygens (including phenoxy) is 1. The van der Waals surface area contributed by atoms with Crippen molar-refractivity contribution in [3.8, 4) is 5.75 Å². The Kier molecular flexibility index (Phi) is 5.88. The van der Waals surface area contributed by atoms with Crippen molar-refractivity contribution in [1.29, 1.82) is 0 Å². The molecule has 1 aromatic heterocycles. The minimum absolute atomic E-state index is 0.0122. The van der Waals surface area contributed by atoms with Crippen LogP contribution in [0.1, 0.15) is 48.0 Å². The Morgan fingerprint density at radius 3 is 2.56 bits per heavy atom. The zero-order valence-electron chi connectivity index (χ0n) is 15.6. The number of thiophene rings is 1. The number of carbonyl (C=O) groups excluding carboxylic acids is 1. The van der Waals surface area contributed by atoms with Crippen LogP contribution < -0.4 is 14.8 Å². The molecule has 3 rings (SSSR count). The van der Waals surface area contributed by atoms with E-state index in [4.69, 9.17) is 4.74 Å². The molecular formula is C19H24N2O4S2. The summed E-state index contributed by atoms with van der Waals surface area (Å²) < 4.78 is 33.1. The van der Waals surface area contributed by atoms with E-state index in [1.165, 1.54) is 19.2 Å². The van der Waals surface area contributed by atoms with Crippen LogP contribution in [-0.2, 0) is 10.0 Å². The first kappa shape index (κ1) is 19.9. The number of amides is 1. The lowest BCUT2D eigenvalue weighted by Crippen LogP contribution is -2.31. The molecule has 1 aliphatic rings. The SMILES string of the molecule is COc1ccc(C(=O)N[C@H](c2cccs2)C(C)C)cc1S(=O)(=O)NC1CC1. The number of carbonyl (C=O) groups is 1. The first-order valence-corrected chi connectivity index (χ1v) is 11.2. The van der Waals surface area contributed by atoms with Gasteiger partial charge in [-0.15, -0.1) is 11.3 Å². The van der Waals surface area contributed by atoms with Crippen LogP contribution in [-0.4, -0.2) is 27.5 Å². The third-order valence-corrected chi connectivity index (χ3v) is 6.91. The lowest BCUT2D eigenvalue weighted by Gasteiger charge is -2.21. The summed E-state index contributed by atoms with van der Waals surface area (Å²) in [6.07, 6.45) is 1.66. The van der Waals surface area contributed by atoms with E-state index in [9.17, 15) is 13.2 Å². The smallest absolute Gasteiger partial charge is 0.251 e. The molecule has 1 fully saturated rings. The highest BCUT2D eigenvalue weighted by molar-refractivity contribution is 7.89. The summed E-state index contributed by atoms with van der Waals surface area (Å²) in [7, 11) is -2.32. The van der Waals surface area contributed by atoms with Crippen molar-refractivity contribution < 1.29 is 17.9 Å². The number of hydrogen-bond donors (Lipinski definition) is 2. The van der Waals surface area contributed by atoms with Crippen LogP contribution >= 0.6 is 11.3 Å². The zero-order valence-corrected chi connectivity index (χ0v) is 17.2. The Hall–Kier alpha value is -1.90. The Bertz CT molecular complexity index is 904. The van der Waals surface area contributed by atoms with Gasteiger partial charge < -0.3 is 10.1 Å². The van der Waals surface area contributed by atoms with Crippen molar-refractivity contribution in [2.45, 2.75) is 43.7 Å². The monoisotopic (exact) mass is 408 g/mol. The summed E-state index contributed by atoms with van der Waals surface area (Å²) in [5, 5.41) is 4.99. The van der Waals surface area contributed by atoms with Crippen LogP contribution in [0.5, 0.6) is 5.75 Å². The molecule has 1 atom stereocenters. The van der Waals surface area contributed by atoms with Gasteiger partial charge in [-0.25, -0.2) is 13.1 Å². The Morgan fingerprint density at radius 2 is 2.00 bits per heavy atom. The summed E-state index contributed by atoms with van der Waals surface area (Å²) in [5.74, 6) is 0.108. The van der Waals surface area contributed by atoms with Gasteiger partial charge in [0.15, 0.2) is 0 Å². The second-order valence-corrected chi connectivity index (χ2v) is 9.63. The van der Waals surface area contributed by atoms with Crippen LogP contribution in [0.3, 0.4) is 0 Å². The summed E-state index contributed by atoms with van der Waals surface area (Å²) in [5.41, 5.74) is 0.286. The van der Waals surface area contributed by atoms with Gasteiger partial charge in [0.2, 0.25) is 10.0 Å². The first-order valence-electron chi connectivity index (χ1n) is 8.86. The molecule has 0 spiro atoms. The van der Waals surface area contributed by atoms with Crippen molar-refractivity contribution in [2.75, 3.05) is 7.11 Å². The zero-order chi connectivity index (χ0) is 19.6. The minimum atomic E-state index is -3.74. The summed E-state index contributed by atoms with van der Waals surface area (Å²) in [6.45, 7) is 4.07. The van der Waals surface area contributed by atoms with Crippen molar-refractivity contribution in [1.82, 2.24) is 10.0 Å². The van der Waals surface area contributed by atoms with Gasteiger partial charge in [-0.1, -0.05) is 19.9 Å². The number of methoxy groups -OCH3 is 1. The summed E-state index contributed by atoms with van der Waals surface area (Å²) >= 11 is 1.58. The van der Waals surface area contributed by atoms with Gasteiger partial charge in [0.25, 0.3) is 5.91 Å². The average Bonchev–Trinajstić information content (AvgIpc) is 3.26. The molecule has 1 aromatic carbocycles. The molecule has 6 nitrogen and oxygen atoms in total. The molecule has 1 saturated carbocycles. The van der Waals surface area contributed by atoms with E-state index in [0.717, 1.165) is 17.7 Å². The quantitative estimate of drug-likeness (QED) is 0.702. The van der Waals surface area contributed by atoms with Gasteiger partial charge in [-0.3, -0.25) is 4.79 Å². The fourth-order valence-electron chi connectivity index (χ4n) is 2.77. The van der Waals surface area contributed by atoms with Gasteiger partial charge in [0, 0.05) is 16.5 Å². The van der Waals surface area contributed by atoms with Crippen LogP contribution in [0.25, 0.3) is 0 Å². The Balaban J connectivity index is 1.87. The number of hydrogen-bond acceptors (Lipinski definition) is 5. The van der Waals surface area contributed by atoms with Crippen molar-refractivity contribution in [2.24, 2.45) is 5.92 Å². The van der Waals surface area contributed by atoms with E-state index < -0.39 is 10.0 Å². The minimum Gasteiger partial charge on any atom is -0.495 e. The molecule has 1 heterocycles. The van der Waals surface area contributed by atoms with Crippen LogP contribution in [0.2, 0.25) is 0 Å². The summed E-state index contributed by atoms with van der Waals surface area (Å²) in [6, 6.07) is 8.25. The first-order chi connectivity index (χ1) is 12.8. The Morgan fingerprint density at radius 1 is 1.26 bits per heavy atom. The van der Waals surface area contributed by atoms with Gasteiger partial charge in [-0.2, -0.15) is 0 Å². The molecule has 0 radical (unpaired) electrons. The molecule has 2 N–H and O–H groups in total. The number of nitrogens with one attached hydrogen (secondary N) is 2. The van der Waals surface area contributed by atoms with E-state index in [0.29, 0.717) is 0 Å². The maximum absolute atomic E-state index is 12.8. The predicted octanol–water partition coefficient (Wildman–Crippen LogP) is 3.32. The van der Waals surface area contributed by atoms with Crippen molar-refractivity contribution in [3.63, 3.8) is 0 Å². The van der Waals surface area contributed by atoms with Gasteiger partial charge in [-0.05, 0) is 48.4 Å².